The van der Waals surface area contributed by atoms with Gasteiger partial charge < -0.3 is 9.47 Å². The molecule has 23 heavy (non-hydrogen) atoms. The Morgan fingerprint density at radius 1 is 1.43 bits per heavy atom. The van der Waals surface area contributed by atoms with E-state index in [0.29, 0.717) is 18.6 Å². The molecule has 1 aliphatic rings. The minimum atomic E-state index is -3.91. The number of esters is 1. The summed E-state index contributed by atoms with van der Waals surface area (Å²) in [5.41, 5.74) is 0.184. The molecule has 128 valence electrons. The van der Waals surface area contributed by atoms with Crippen molar-refractivity contribution in [2.75, 3.05) is 20.8 Å². The molecular formula is C14H19FN2O5S. The van der Waals surface area contributed by atoms with Crippen LogP contribution in [0.15, 0.2) is 18.2 Å². The zero-order chi connectivity index (χ0) is 17.0. The Balaban J connectivity index is 2.08. The Bertz CT molecular complexity index is 680. The number of hydrogen-bond donors (Lipinski definition) is 1. The van der Waals surface area contributed by atoms with Gasteiger partial charge in [0.25, 0.3) is 10.2 Å². The number of ether oxygens (including phenoxy) is 2. The van der Waals surface area contributed by atoms with Gasteiger partial charge in [-0.25, -0.2) is 4.39 Å². The second kappa shape index (κ2) is 7.24. The Hall–Kier alpha value is -1.71. The van der Waals surface area contributed by atoms with Gasteiger partial charge in [0.1, 0.15) is 17.6 Å². The van der Waals surface area contributed by atoms with Gasteiger partial charge in [-0.3, -0.25) is 4.79 Å². The van der Waals surface area contributed by atoms with Crippen molar-refractivity contribution in [2.45, 2.75) is 25.4 Å². The first-order valence-electron chi connectivity index (χ1n) is 7.05. The molecule has 1 N–H and O–H groups in total. The van der Waals surface area contributed by atoms with Gasteiger partial charge in [-0.1, -0.05) is 6.07 Å². The summed E-state index contributed by atoms with van der Waals surface area (Å²) in [7, 11) is -1.28. The summed E-state index contributed by atoms with van der Waals surface area (Å²) in [5, 5.41) is 0. The molecule has 1 atom stereocenters. The fraction of sp³-hybridized carbons (Fsp3) is 0.500. The van der Waals surface area contributed by atoms with Crippen molar-refractivity contribution in [3.63, 3.8) is 0 Å². The standard InChI is InChI=1S/C14H19FN2O5S/c1-21-11-6-5-10(12(15)8-11)9-16-23(19,20)17-7-3-4-13(17)14(18)22-2/h5-6,8,13,16H,3-4,7,9H2,1-2H3/t13-/m0/s1. The molecule has 0 aliphatic carbocycles. The highest BCUT2D eigenvalue weighted by molar-refractivity contribution is 7.87. The fourth-order valence-corrected chi connectivity index (χ4v) is 3.85. The Morgan fingerprint density at radius 2 is 2.17 bits per heavy atom. The normalized spacial score (nSPS) is 18.8. The highest BCUT2D eigenvalue weighted by Gasteiger charge is 2.39. The number of benzene rings is 1. The fourth-order valence-electron chi connectivity index (χ4n) is 2.45. The highest BCUT2D eigenvalue weighted by atomic mass is 32.2. The van der Waals surface area contributed by atoms with Crippen LogP contribution in [0.5, 0.6) is 5.75 Å². The summed E-state index contributed by atoms with van der Waals surface area (Å²) in [6.07, 6.45) is 0.974. The first-order valence-corrected chi connectivity index (χ1v) is 8.49. The highest BCUT2D eigenvalue weighted by Crippen LogP contribution is 2.22. The lowest BCUT2D eigenvalue weighted by molar-refractivity contribution is -0.144. The van der Waals surface area contributed by atoms with E-state index in [2.05, 4.69) is 9.46 Å². The Labute approximate surface area is 134 Å². The zero-order valence-electron chi connectivity index (χ0n) is 12.9. The molecular weight excluding hydrogens is 327 g/mol. The maximum Gasteiger partial charge on any atom is 0.324 e. The van der Waals surface area contributed by atoms with Gasteiger partial charge in [0.15, 0.2) is 0 Å². The molecule has 0 unspecified atom stereocenters. The van der Waals surface area contributed by atoms with E-state index in [-0.39, 0.29) is 18.7 Å². The Morgan fingerprint density at radius 3 is 2.78 bits per heavy atom. The number of nitrogens with zero attached hydrogens (tertiary/aromatic N) is 1. The van der Waals surface area contributed by atoms with Crippen molar-refractivity contribution in [3.8, 4) is 5.75 Å². The van der Waals surface area contributed by atoms with Crippen LogP contribution in [0, 0.1) is 5.82 Å². The van der Waals surface area contributed by atoms with E-state index in [1.54, 1.807) is 6.07 Å². The number of carbonyl (C=O) groups is 1. The van der Waals surface area contributed by atoms with Crippen LogP contribution in [0.4, 0.5) is 4.39 Å². The maximum atomic E-state index is 13.8. The van der Waals surface area contributed by atoms with Crippen LogP contribution in [0.2, 0.25) is 0 Å². The third-order valence-corrected chi connectivity index (χ3v) is 5.25. The van der Waals surface area contributed by atoms with E-state index in [0.717, 1.165) is 4.31 Å². The van der Waals surface area contributed by atoms with Crippen LogP contribution in [-0.4, -0.2) is 45.5 Å². The van der Waals surface area contributed by atoms with Gasteiger partial charge in [-0.2, -0.15) is 17.4 Å². The molecule has 0 radical (unpaired) electrons. The van der Waals surface area contributed by atoms with Crippen LogP contribution in [0.1, 0.15) is 18.4 Å². The number of halogens is 1. The minimum Gasteiger partial charge on any atom is -0.497 e. The average Bonchev–Trinajstić information content (AvgIpc) is 3.03. The summed E-state index contributed by atoms with van der Waals surface area (Å²) < 4.78 is 51.4. The molecule has 9 heteroatoms. The second-order valence-electron chi connectivity index (χ2n) is 5.08. The molecule has 0 saturated carbocycles. The molecule has 1 aliphatic heterocycles. The van der Waals surface area contributed by atoms with Crippen LogP contribution < -0.4 is 9.46 Å². The van der Waals surface area contributed by atoms with Crippen molar-refractivity contribution in [2.24, 2.45) is 0 Å². The van der Waals surface area contributed by atoms with E-state index in [9.17, 15) is 17.6 Å². The number of hydrogen-bond acceptors (Lipinski definition) is 5. The van der Waals surface area contributed by atoms with Crippen LogP contribution in [-0.2, 0) is 26.3 Å². The lowest BCUT2D eigenvalue weighted by Crippen LogP contribution is -2.46. The molecule has 1 aromatic carbocycles. The van der Waals surface area contributed by atoms with E-state index >= 15 is 0 Å². The van der Waals surface area contributed by atoms with Crippen molar-refractivity contribution in [1.29, 1.82) is 0 Å². The molecule has 2 rings (SSSR count). The predicted molar refractivity (Wildman–Crippen MR) is 80.5 cm³/mol. The van der Waals surface area contributed by atoms with E-state index in [1.165, 1.54) is 26.4 Å². The summed E-state index contributed by atoms with van der Waals surface area (Å²) in [5.74, 6) is -0.819. The summed E-state index contributed by atoms with van der Waals surface area (Å²) >= 11 is 0. The molecule has 7 nitrogen and oxygen atoms in total. The van der Waals surface area contributed by atoms with Crippen molar-refractivity contribution in [3.05, 3.63) is 29.6 Å². The van der Waals surface area contributed by atoms with Gasteiger partial charge in [0.05, 0.1) is 14.2 Å². The average molecular weight is 346 g/mol. The van der Waals surface area contributed by atoms with E-state index in [4.69, 9.17) is 4.74 Å². The predicted octanol–water partition coefficient (Wildman–Crippen LogP) is 0.806. The van der Waals surface area contributed by atoms with Gasteiger partial charge in [-0.05, 0) is 18.9 Å². The molecule has 1 aromatic rings. The SMILES string of the molecule is COC(=O)[C@@H]1CCCN1S(=O)(=O)NCc1ccc(OC)cc1F. The topological polar surface area (TPSA) is 84.9 Å². The van der Waals surface area contributed by atoms with Gasteiger partial charge in [0.2, 0.25) is 0 Å². The largest absolute Gasteiger partial charge is 0.497 e. The number of nitrogens with one attached hydrogen (secondary N) is 1. The van der Waals surface area contributed by atoms with Gasteiger partial charge >= 0.3 is 5.97 Å². The Kier molecular flexibility index (Phi) is 5.55. The van der Waals surface area contributed by atoms with Gasteiger partial charge in [0, 0.05) is 24.7 Å². The lowest BCUT2D eigenvalue weighted by Gasteiger charge is -2.22. The first-order chi connectivity index (χ1) is 10.9. The summed E-state index contributed by atoms with van der Waals surface area (Å²) in [6.45, 7) is 0.00273. The first kappa shape index (κ1) is 17.6. The second-order valence-corrected chi connectivity index (χ2v) is 6.78. The molecule has 0 amide bonds. The van der Waals surface area contributed by atoms with Crippen LogP contribution in [0.3, 0.4) is 0 Å². The van der Waals surface area contributed by atoms with Crippen molar-refractivity contribution in [1.82, 2.24) is 9.03 Å². The van der Waals surface area contributed by atoms with Gasteiger partial charge in [-0.15, -0.1) is 0 Å². The number of rotatable bonds is 6. The van der Waals surface area contributed by atoms with E-state index in [1.807, 2.05) is 0 Å². The third kappa shape index (κ3) is 3.98. The quantitative estimate of drug-likeness (QED) is 0.771. The minimum absolute atomic E-state index is 0.184. The number of carbonyl (C=O) groups excluding carboxylic acids is 1. The third-order valence-electron chi connectivity index (χ3n) is 3.69. The molecule has 1 fully saturated rings. The van der Waals surface area contributed by atoms with E-state index < -0.39 is 28.0 Å². The molecule has 0 aromatic heterocycles. The zero-order valence-corrected chi connectivity index (χ0v) is 13.7. The molecule has 0 bridgehead atoms. The van der Waals surface area contributed by atoms with Crippen molar-refractivity contribution < 1.29 is 27.1 Å². The maximum absolute atomic E-state index is 13.8. The summed E-state index contributed by atoms with van der Waals surface area (Å²) in [4.78, 5) is 11.6. The van der Waals surface area contributed by atoms with Crippen LogP contribution in [0.25, 0.3) is 0 Å². The molecule has 1 saturated heterocycles. The lowest BCUT2D eigenvalue weighted by atomic mass is 10.2. The number of methoxy groups -OCH3 is 2. The van der Waals surface area contributed by atoms with Crippen molar-refractivity contribution >= 4 is 16.2 Å². The summed E-state index contributed by atoms with van der Waals surface area (Å²) in [6, 6.07) is 3.33. The monoisotopic (exact) mass is 346 g/mol. The smallest absolute Gasteiger partial charge is 0.324 e. The molecule has 0 spiro atoms. The van der Waals surface area contributed by atoms with Crippen LogP contribution >= 0.6 is 0 Å². The molecule has 1 heterocycles.